The molecule has 304 valence electrons. The van der Waals surface area contributed by atoms with E-state index in [0.29, 0.717) is 6.42 Å². The standard InChI is InChI=1S/C49H85NO3/c1-3-5-7-9-11-13-15-17-19-21-23-24-25-26-27-29-31-33-35-37-39-41-43-45-49(53)50-47(46-51)48(52)44-42-40-38-36-34-32-30-28-22-20-18-16-14-12-10-8-6-4-2/h5,7,11,13,17,19,23-24,26-27,34,36,42,44,47-48,51-52H,3-4,6,8-10,12,14-16,18,20-22,25,28-33,35,37-41,43,45-46H2,1-2H3,(H,50,53)/b7-5-,13-11-,19-17-,24-23-,27-26-,36-34+,44-42+. The van der Waals surface area contributed by atoms with E-state index < -0.39 is 12.1 Å². The average Bonchev–Trinajstić information content (AvgIpc) is 3.16. The normalized spacial score (nSPS) is 13.8. The van der Waals surface area contributed by atoms with Crippen LogP contribution in [0, 0.1) is 0 Å². The molecule has 0 aliphatic rings. The summed E-state index contributed by atoms with van der Waals surface area (Å²) < 4.78 is 0. The van der Waals surface area contributed by atoms with Gasteiger partial charge in [0.2, 0.25) is 5.91 Å². The van der Waals surface area contributed by atoms with E-state index in [-0.39, 0.29) is 12.5 Å². The minimum Gasteiger partial charge on any atom is -0.394 e. The van der Waals surface area contributed by atoms with E-state index in [0.717, 1.165) is 77.0 Å². The summed E-state index contributed by atoms with van der Waals surface area (Å²) in [4.78, 5) is 12.4. The molecule has 2 atom stereocenters. The topological polar surface area (TPSA) is 69.6 Å². The predicted molar refractivity (Wildman–Crippen MR) is 234 cm³/mol. The smallest absolute Gasteiger partial charge is 0.220 e. The van der Waals surface area contributed by atoms with Gasteiger partial charge in [0.15, 0.2) is 0 Å². The van der Waals surface area contributed by atoms with Crippen LogP contribution in [0.25, 0.3) is 0 Å². The Morgan fingerprint density at radius 1 is 0.472 bits per heavy atom. The van der Waals surface area contributed by atoms with Crippen LogP contribution in [-0.4, -0.2) is 34.9 Å². The minimum atomic E-state index is -0.872. The third kappa shape index (κ3) is 40.6. The highest BCUT2D eigenvalue weighted by molar-refractivity contribution is 5.76. The van der Waals surface area contributed by atoms with Crippen molar-refractivity contribution in [2.75, 3.05) is 6.61 Å². The highest BCUT2D eigenvalue weighted by Gasteiger charge is 2.17. The molecular weight excluding hydrogens is 651 g/mol. The zero-order valence-corrected chi connectivity index (χ0v) is 34.8. The first-order valence-electron chi connectivity index (χ1n) is 22.3. The number of allylic oxidation sites excluding steroid dienone is 13. The van der Waals surface area contributed by atoms with Gasteiger partial charge in [-0.1, -0.05) is 202 Å². The fourth-order valence-corrected chi connectivity index (χ4v) is 6.22. The Hall–Kier alpha value is -2.43. The quantitative estimate of drug-likeness (QED) is 0.0435. The highest BCUT2D eigenvalue weighted by Crippen LogP contribution is 2.13. The SMILES string of the molecule is CC/C=C\C/C=C\C/C=C\C/C=C\C/C=C\CCCCCCCCCC(=O)NC(CO)C(O)/C=C/CC/C=C/CCCCCCCCCCCCCC. The van der Waals surface area contributed by atoms with Gasteiger partial charge in [-0.2, -0.15) is 0 Å². The van der Waals surface area contributed by atoms with Crippen LogP contribution in [0.4, 0.5) is 0 Å². The van der Waals surface area contributed by atoms with Gasteiger partial charge in [-0.25, -0.2) is 0 Å². The molecule has 2 unspecified atom stereocenters. The molecule has 3 N–H and O–H groups in total. The van der Waals surface area contributed by atoms with Crippen LogP contribution in [0.15, 0.2) is 85.1 Å². The molecule has 0 heterocycles. The summed E-state index contributed by atoms with van der Waals surface area (Å²) >= 11 is 0. The number of rotatable bonds is 39. The van der Waals surface area contributed by atoms with Crippen LogP contribution < -0.4 is 5.32 Å². The van der Waals surface area contributed by atoms with E-state index in [1.165, 1.54) is 103 Å². The van der Waals surface area contributed by atoms with Gasteiger partial charge in [0.25, 0.3) is 0 Å². The monoisotopic (exact) mass is 736 g/mol. The summed E-state index contributed by atoms with van der Waals surface area (Å²) in [5.41, 5.74) is 0. The van der Waals surface area contributed by atoms with Gasteiger partial charge in [-0.3, -0.25) is 4.79 Å². The highest BCUT2D eigenvalue weighted by atomic mass is 16.3. The molecule has 53 heavy (non-hydrogen) atoms. The van der Waals surface area contributed by atoms with Crippen molar-refractivity contribution in [1.82, 2.24) is 5.32 Å². The van der Waals surface area contributed by atoms with Gasteiger partial charge in [-0.15, -0.1) is 0 Å². The number of unbranched alkanes of at least 4 members (excludes halogenated alkanes) is 20. The van der Waals surface area contributed by atoms with Crippen molar-refractivity contribution < 1.29 is 15.0 Å². The lowest BCUT2D eigenvalue weighted by atomic mass is 10.0. The molecule has 0 aliphatic heterocycles. The molecule has 0 bridgehead atoms. The number of carbonyl (C=O) groups is 1. The molecule has 0 fully saturated rings. The molecular formula is C49H85NO3. The Balaban J connectivity index is 3.68. The van der Waals surface area contributed by atoms with E-state index in [2.05, 4.69) is 92.1 Å². The number of hydrogen-bond acceptors (Lipinski definition) is 3. The largest absolute Gasteiger partial charge is 0.394 e. The second-order valence-electron chi connectivity index (χ2n) is 14.7. The van der Waals surface area contributed by atoms with E-state index >= 15 is 0 Å². The molecule has 0 aromatic carbocycles. The molecule has 0 saturated heterocycles. The molecule has 0 saturated carbocycles. The number of aliphatic hydroxyl groups excluding tert-OH is 2. The zero-order chi connectivity index (χ0) is 38.6. The van der Waals surface area contributed by atoms with Gasteiger partial charge in [-0.05, 0) is 77.0 Å². The molecule has 1 amide bonds. The van der Waals surface area contributed by atoms with Crippen LogP contribution >= 0.6 is 0 Å². The summed E-state index contributed by atoms with van der Waals surface area (Å²) in [6, 6.07) is -0.650. The predicted octanol–water partition coefficient (Wildman–Crippen LogP) is 14.1. The molecule has 4 heteroatoms. The molecule has 4 nitrogen and oxygen atoms in total. The van der Waals surface area contributed by atoms with Crippen molar-refractivity contribution in [2.24, 2.45) is 0 Å². The van der Waals surface area contributed by atoms with Gasteiger partial charge < -0.3 is 15.5 Å². The lowest BCUT2D eigenvalue weighted by Gasteiger charge is -2.19. The summed E-state index contributed by atoms with van der Waals surface area (Å²) in [6.45, 7) is 4.17. The van der Waals surface area contributed by atoms with Crippen molar-refractivity contribution in [3.8, 4) is 0 Å². The van der Waals surface area contributed by atoms with E-state index in [4.69, 9.17) is 0 Å². The van der Waals surface area contributed by atoms with Crippen molar-refractivity contribution in [2.45, 2.75) is 212 Å². The van der Waals surface area contributed by atoms with Crippen molar-refractivity contribution in [3.05, 3.63) is 85.1 Å². The Labute approximate surface area is 329 Å². The first kappa shape index (κ1) is 50.6. The number of carbonyl (C=O) groups excluding carboxylic acids is 1. The lowest BCUT2D eigenvalue weighted by molar-refractivity contribution is -0.123. The maximum Gasteiger partial charge on any atom is 0.220 e. The van der Waals surface area contributed by atoms with Crippen LogP contribution in [0.1, 0.15) is 200 Å². The Kier molecular flexibility index (Phi) is 42.0. The van der Waals surface area contributed by atoms with Crippen LogP contribution in [0.2, 0.25) is 0 Å². The van der Waals surface area contributed by atoms with Gasteiger partial charge in [0.05, 0.1) is 18.8 Å². The minimum absolute atomic E-state index is 0.0886. The van der Waals surface area contributed by atoms with E-state index in [1.54, 1.807) is 6.08 Å². The third-order valence-electron chi connectivity index (χ3n) is 9.61. The fraction of sp³-hybridized carbons (Fsp3) is 0.694. The van der Waals surface area contributed by atoms with E-state index in [9.17, 15) is 15.0 Å². The Morgan fingerprint density at radius 3 is 1.32 bits per heavy atom. The van der Waals surface area contributed by atoms with Gasteiger partial charge >= 0.3 is 0 Å². The zero-order valence-electron chi connectivity index (χ0n) is 34.8. The molecule has 0 radical (unpaired) electrons. The number of hydrogen-bond donors (Lipinski definition) is 3. The molecule has 0 spiro atoms. The first-order chi connectivity index (χ1) is 26.2. The van der Waals surface area contributed by atoms with Gasteiger partial charge in [0, 0.05) is 6.42 Å². The maximum absolute atomic E-state index is 12.4. The number of amides is 1. The summed E-state index contributed by atoms with van der Waals surface area (Å²) in [5, 5.41) is 23.0. The number of aliphatic hydroxyl groups is 2. The third-order valence-corrected chi connectivity index (χ3v) is 9.61. The van der Waals surface area contributed by atoms with Crippen LogP contribution in [-0.2, 0) is 4.79 Å². The van der Waals surface area contributed by atoms with Crippen LogP contribution in [0.3, 0.4) is 0 Å². The Bertz CT molecular complexity index is 972. The van der Waals surface area contributed by atoms with Crippen molar-refractivity contribution >= 4 is 5.91 Å². The molecule has 0 aliphatic carbocycles. The average molecular weight is 736 g/mol. The van der Waals surface area contributed by atoms with Gasteiger partial charge in [0.1, 0.15) is 0 Å². The summed E-state index contributed by atoms with van der Waals surface area (Å²) in [7, 11) is 0. The molecule has 0 aromatic rings. The first-order valence-corrected chi connectivity index (χ1v) is 22.3. The van der Waals surface area contributed by atoms with Crippen LogP contribution in [0.5, 0.6) is 0 Å². The second-order valence-corrected chi connectivity index (χ2v) is 14.7. The fourth-order valence-electron chi connectivity index (χ4n) is 6.22. The summed E-state index contributed by atoms with van der Waals surface area (Å²) in [6.07, 6.45) is 64.0. The number of nitrogens with one attached hydrogen (secondary N) is 1. The maximum atomic E-state index is 12.4. The second kappa shape index (κ2) is 44.0. The molecule has 0 aromatic heterocycles. The lowest BCUT2D eigenvalue weighted by Crippen LogP contribution is -2.45. The summed E-state index contributed by atoms with van der Waals surface area (Å²) in [5.74, 6) is -0.0886. The Morgan fingerprint density at radius 2 is 0.849 bits per heavy atom. The molecule has 0 rings (SSSR count). The van der Waals surface area contributed by atoms with Crippen molar-refractivity contribution in [3.63, 3.8) is 0 Å². The van der Waals surface area contributed by atoms with E-state index in [1.807, 2.05) is 6.08 Å². The van der Waals surface area contributed by atoms with Crippen molar-refractivity contribution in [1.29, 1.82) is 0 Å².